The van der Waals surface area contributed by atoms with E-state index < -0.39 is 0 Å². The van der Waals surface area contributed by atoms with Crippen LogP contribution in [0.3, 0.4) is 0 Å². The number of rotatable bonds is 6. The van der Waals surface area contributed by atoms with Crippen LogP contribution in [0.25, 0.3) is 17.0 Å². The zero-order valence-corrected chi connectivity index (χ0v) is 19.0. The normalized spacial score (nSPS) is 11.2. The monoisotopic (exact) mass is 491 g/mol. The molecular formula is C22H18BrN7S. The maximum atomic E-state index is 4.65. The maximum Gasteiger partial charge on any atom is 0.255 e. The predicted molar refractivity (Wildman–Crippen MR) is 127 cm³/mol. The molecule has 0 saturated carbocycles. The van der Waals surface area contributed by atoms with E-state index in [0.29, 0.717) is 16.8 Å². The van der Waals surface area contributed by atoms with Crippen LogP contribution in [-0.4, -0.2) is 29.8 Å². The van der Waals surface area contributed by atoms with Crippen molar-refractivity contribution in [1.29, 1.82) is 0 Å². The van der Waals surface area contributed by atoms with Gasteiger partial charge in [-0.15, -0.1) is 5.10 Å². The molecule has 5 aromatic rings. The van der Waals surface area contributed by atoms with E-state index >= 15 is 0 Å². The van der Waals surface area contributed by atoms with Crippen molar-refractivity contribution in [2.24, 2.45) is 0 Å². The Kier molecular flexibility index (Phi) is 5.44. The lowest BCUT2D eigenvalue weighted by molar-refractivity contribution is 0.881. The lowest BCUT2D eigenvalue weighted by atomic mass is 10.2. The SMILES string of the molecule is Cc1cc(Nc2cc(-c3ccccc3)[nH]n2)n2nc(SCc3ccccc3Br)nc2n1. The van der Waals surface area contributed by atoms with E-state index in [1.165, 1.54) is 5.56 Å². The Bertz CT molecular complexity index is 1350. The smallest absolute Gasteiger partial charge is 0.255 e. The van der Waals surface area contributed by atoms with E-state index in [9.17, 15) is 0 Å². The van der Waals surface area contributed by atoms with Gasteiger partial charge in [0.05, 0.1) is 5.69 Å². The van der Waals surface area contributed by atoms with Crippen LogP contribution >= 0.6 is 27.7 Å². The third kappa shape index (κ3) is 4.33. The molecule has 2 N–H and O–H groups in total. The summed E-state index contributed by atoms with van der Waals surface area (Å²) in [5.41, 5.74) is 4.06. The van der Waals surface area contributed by atoms with Crippen LogP contribution in [0.4, 0.5) is 11.6 Å². The predicted octanol–water partition coefficient (Wildman–Crippen LogP) is 5.62. The Labute approximate surface area is 191 Å². The van der Waals surface area contributed by atoms with Gasteiger partial charge in [0.1, 0.15) is 5.82 Å². The summed E-state index contributed by atoms with van der Waals surface area (Å²) >= 11 is 5.16. The van der Waals surface area contributed by atoms with Crippen molar-refractivity contribution in [2.45, 2.75) is 17.8 Å². The van der Waals surface area contributed by atoms with Crippen LogP contribution < -0.4 is 5.32 Å². The fourth-order valence-corrected chi connectivity index (χ4v) is 4.59. The zero-order valence-electron chi connectivity index (χ0n) is 16.6. The second-order valence-electron chi connectivity index (χ2n) is 6.93. The highest BCUT2D eigenvalue weighted by atomic mass is 79.9. The number of nitrogens with zero attached hydrogens (tertiary/aromatic N) is 5. The molecular weight excluding hydrogens is 474 g/mol. The molecule has 0 aliphatic heterocycles. The average Bonchev–Trinajstić information content (AvgIpc) is 3.41. The van der Waals surface area contributed by atoms with Gasteiger partial charge < -0.3 is 5.32 Å². The van der Waals surface area contributed by atoms with Gasteiger partial charge in [0, 0.05) is 28.1 Å². The minimum Gasteiger partial charge on any atom is -0.323 e. The summed E-state index contributed by atoms with van der Waals surface area (Å²) in [6.07, 6.45) is 0. The first kappa shape index (κ1) is 19.8. The van der Waals surface area contributed by atoms with Crippen molar-refractivity contribution in [2.75, 3.05) is 5.32 Å². The van der Waals surface area contributed by atoms with Crippen LogP contribution in [0, 0.1) is 6.92 Å². The summed E-state index contributed by atoms with van der Waals surface area (Å²) in [6, 6.07) is 22.1. The first-order valence-corrected chi connectivity index (χ1v) is 11.4. The Balaban J connectivity index is 1.40. The molecule has 3 heterocycles. The van der Waals surface area contributed by atoms with Crippen molar-refractivity contribution in [3.63, 3.8) is 0 Å². The number of aromatic nitrogens is 6. The Morgan fingerprint density at radius 1 is 1.03 bits per heavy atom. The van der Waals surface area contributed by atoms with Gasteiger partial charge in [-0.05, 0) is 24.1 Å². The number of fused-ring (bicyclic) bond motifs is 1. The number of benzene rings is 2. The van der Waals surface area contributed by atoms with Gasteiger partial charge in [0.15, 0.2) is 5.82 Å². The largest absolute Gasteiger partial charge is 0.323 e. The van der Waals surface area contributed by atoms with Gasteiger partial charge in [-0.2, -0.15) is 14.6 Å². The average molecular weight is 492 g/mol. The van der Waals surface area contributed by atoms with E-state index in [4.69, 9.17) is 0 Å². The lowest BCUT2D eigenvalue weighted by Gasteiger charge is -2.05. The second-order valence-corrected chi connectivity index (χ2v) is 8.72. The van der Waals surface area contributed by atoms with Crippen LogP contribution in [0.1, 0.15) is 11.3 Å². The molecule has 154 valence electrons. The van der Waals surface area contributed by atoms with E-state index in [1.54, 1.807) is 16.3 Å². The maximum absolute atomic E-state index is 4.65. The topological polar surface area (TPSA) is 83.8 Å². The number of H-pyrrole nitrogens is 1. The quantitative estimate of drug-likeness (QED) is 0.300. The molecule has 0 spiro atoms. The molecule has 31 heavy (non-hydrogen) atoms. The molecule has 0 radical (unpaired) electrons. The number of hydrogen-bond acceptors (Lipinski definition) is 6. The van der Waals surface area contributed by atoms with Gasteiger partial charge >= 0.3 is 0 Å². The van der Waals surface area contributed by atoms with Crippen LogP contribution in [0.2, 0.25) is 0 Å². The van der Waals surface area contributed by atoms with Gasteiger partial charge in [-0.25, -0.2) is 4.98 Å². The molecule has 0 fully saturated rings. The molecule has 0 unspecified atom stereocenters. The summed E-state index contributed by atoms with van der Waals surface area (Å²) in [4.78, 5) is 9.12. The molecule has 0 aliphatic carbocycles. The highest BCUT2D eigenvalue weighted by molar-refractivity contribution is 9.10. The fourth-order valence-electron chi connectivity index (χ4n) is 3.16. The second kappa shape index (κ2) is 8.52. The number of nitrogens with one attached hydrogen (secondary N) is 2. The number of hydrogen-bond donors (Lipinski definition) is 2. The standard InChI is InChI=1S/C22H18BrN7S/c1-14-11-20(25-19-12-18(27-28-19)15-7-3-2-4-8-15)30-21(24-14)26-22(29-30)31-13-16-9-5-6-10-17(16)23/h2-12H,13H2,1H3,(H2,25,27,28). The molecule has 0 amide bonds. The number of aryl methyl sites for hydroxylation is 1. The van der Waals surface area contributed by atoms with Crippen molar-refractivity contribution in [3.05, 3.63) is 82.5 Å². The third-order valence-electron chi connectivity index (χ3n) is 4.65. The zero-order chi connectivity index (χ0) is 21.2. The molecule has 3 aromatic heterocycles. The molecule has 0 aliphatic rings. The van der Waals surface area contributed by atoms with Gasteiger partial charge in [-0.3, -0.25) is 5.10 Å². The number of thioether (sulfide) groups is 1. The molecule has 2 aromatic carbocycles. The summed E-state index contributed by atoms with van der Waals surface area (Å²) in [7, 11) is 0. The molecule has 9 heteroatoms. The molecule has 7 nitrogen and oxygen atoms in total. The molecule has 0 saturated heterocycles. The molecule has 5 rings (SSSR count). The van der Waals surface area contributed by atoms with E-state index in [0.717, 1.165) is 33.0 Å². The minimum absolute atomic E-state index is 0.552. The van der Waals surface area contributed by atoms with Crippen LogP contribution in [0.5, 0.6) is 0 Å². The van der Waals surface area contributed by atoms with Crippen molar-refractivity contribution >= 4 is 45.1 Å². The Hall–Kier alpha value is -3.17. The third-order valence-corrected chi connectivity index (χ3v) is 6.31. The van der Waals surface area contributed by atoms with E-state index in [-0.39, 0.29) is 0 Å². The Morgan fingerprint density at radius 2 is 1.84 bits per heavy atom. The van der Waals surface area contributed by atoms with E-state index in [1.807, 2.05) is 67.6 Å². The van der Waals surface area contributed by atoms with Crippen molar-refractivity contribution in [3.8, 4) is 11.3 Å². The highest BCUT2D eigenvalue weighted by Gasteiger charge is 2.13. The summed E-state index contributed by atoms with van der Waals surface area (Å²) in [5.74, 6) is 2.77. The lowest BCUT2D eigenvalue weighted by Crippen LogP contribution is -2.02. The van der Waals surface area contributed by atoms with Gasteiger partial charge in [0.25, 0.3) is 5.78 Å². The van der Waals surface area contributed by atoms with Gasteiger partial charge in [-0.1, -0.05) is 76.2 Å². The number of aromatic amines is 1. The highest BCUT2D eigenvalue weighted by Crippen LogP contribution is 2.27. The Morgan fingerprint density at radius 3 is 2.68 bits per heavy atom. The minimum atomic E-state index is 0.552. The first-order valence-electron chi connectivity index (χ1n) is 9.64. The van der Waals surface area contributed by atoms with Crippen LogP contribution in [-0.2, 0) is 5.75 Å². The summed E-state index contributed by atoms with van der Waals surface area (Å²) in [6.45, 7) is 1.94. The number of halogens is 1. The first-order chi connectivity index (χ1) is 15.2. The molecule has 0 bridgehead atoms. The summed E-state index contributed by atoms with van der Waals surface area (Å²) < 4.78 is 2.79. The number of anilines is 2. The molecule has 0 atom stereocenters. The van der Waals surface area contributed by atoms with Gasteiger partial charge in [0.2, 0.25) is 5.16 Å². The summed E-state index contributed by atoms with van der Waals surface area (Å²) in [5, 5.41) is 16.1. The van der Waals surface area contributed by atoms with Crippen molar-refractivity contribution in [1.82, 2.24) is 29.8 Å². The van der Waals surface area contributed by atoms with Crippen LogP contribution in [0.15, 0.2) is 76.4 Å². The van der Waals surface area contributed by atoms with Crippen molar-refractivity contribution < 1.29 is 0 Å². The van der Waals surface area contributed by atoms with E-state index in [2.05, 4.69) is 52.6 Å². The fraction of sp³-hybridized carbons (Fsp3) is 0.0909.